The molecule has 1 saturated heterocycles. The van der Waals surface area contributed by atoms with Crippen LogP contribution in [0.1, 0.15) is 39.0 Å². The van der Waals surface area contributed by atoms with E-state index in [1.54, 1.807) is 6.92 Å². The van der Waals surface area contributed by atoms with Crippen LogP contribution in [-0.4, -0.2) is 30.6 Å². The fraction of sp³-hybridized carbons (Fsp3) is 0.917. The largest absolute Gasteiger partial charge is 0.388 e. The molecule has 0 bridgehead atoms. The van der Waals surface area contributed by atoms with Gasteiger partial charge in [0.2, 0.25) is 0 Å². The third-order valence-electron chi connectivity index (χ3n) is 4.46. The van der Waals surface area contributed by atoms with Crippen LogP contribution in [-0.2, 0) is 9.84 Å². The minimum Gasteiger partial charge on any atom is -0.388 e. The average Bonchev–Trinajstić information content (AvgIpc) is 2.50. The summed E-state index contributed by atoms with van der Waals surface area (Å²) in [6.45, 7) is 1.63. The molecule has 4 nitrogen and oxygen atoms in total. The van der Waals surface area contributed by atoms with E-state index in [0.717, 1.165) is 12.8 Å². The summed E-state index contributed by atoms with van der Waals surface area (Å²) in [6, 6.07) is 2.10. The normalized spacial score (nSPS) is 35.8. The minimum absolute atomic E-state index is 0.0291. The quantitative estimate of drug-likeness (QED) is 0.825. The Morgan fingerprint density at radius 1 is 1.53 bits per heavy atom. The van der Waals surface area contributed by atoms with Crippen LogP contribution in [0.25, 0.3) is 0 Å². The van der Waals surface area contributed by atoms with E-state index in [0.29, 0.717) is 12.3 Å². The predicted molar refractivity (Wildman–Crippen MR) is 63.9 cm³/mol. The van der Waals surface area contributed by atoms with Gasteiger partial charge in [-0.3, -0.25) is 0 Å². The van der Waals surface area contributed by atoms with Crippen molar-refractivity contribution in [1.82, 2.24) is 0 Å². The first-order valence-corrected chi connectivity index (χ1v) is 7.96. The van der Waals surface area contributed by atoms with Crippen molar-refractivity contribution in [2.24, 2.45) is 11.3 Å². The van der Waals surface area contributed by atoms with E-state index in [2.05, 4.69) is 6.07 Å². The van der Waals surface area contributed by atoms with Crippen LogP contribution >= 0.6 is 0 Å². The summed E-state index contributed by atoms with van der Waals surface area (Å²) in [5.74, 6) is 0.302. The average molecular weight is 257 g/mol. The predicted octanol–water partition coefficient (Wildman–Crippen LogP) is 1.26. The molecule has 5 heteroatoms. The number of sulfone groups is 1. The van der Waals surface area contributed by atoms with Gasteiger partial charge in [0.15, 0.2) is 9.84 Å². The van der Waals surface area contributed by atoms with Crippen molar-refractivity contribution in [3.63, 3.8) is 0 Å². The topological polar surface area (TPSA) is 78.2 Å². The molecule has 2 aliphatic rings. The molecular formula is C12H19NO3S. The van der Waals surface area contributed by atoms with Gasteiger partial charge >= 0.3 is 0 Å². The Labute approximate surface area is 103 Å². The molecule has 0 radical (unpaired) electrons. The lowest BCUT2D eigenvalue weighted by Crippen LogP contribution is -2.48. The highest BCUT2D eigenvalue weighted by atomic mass is 32.2. The summed E-state index contributed by atoms with van der Waals surface area (Å²) >= 11 is 0. The van der Waals surface area contributed by atoms with E-state index < -0.39 is 20.9 Å². The molecule has 1 aliphatic heterocycles. The molecule has 2 fully saturated rings. The molecule has 1 N–H and O–H groups in total. The van der Waals surface area contributed by atoms with Crippen molar-refractivity contribution < 1.29 is 13.5 Å². The molecule has 96 valence electrons. The molecule has 0 spiro atoms. The summed E-state index contributed by atoms with van der Waals surface area (Å²) in [6.07, 6.45) is 4.18. The number of nitriles is 1. The summed E-state index contributed by atoms with van der Waals surface area (Å²) in [4.78, 5) is 0. The molecule has 1 aliphatic carbocycles. The van der Waals surface area contributed by atoms with E-state index in [1.165, 1.54) is 6.42 Å². The zero-order chi connectivity index (χ0) is 12.7. The Kier molecular flexibility index (Phi) is 2.99. The minimum atomic E-state index is -3.16. The van der Waals surface area contributed by atoms with Gasteiger partial charge in [0.1, 0.15) is 5.41 Å². The SMILES string of the molecule is CC(O)(CC1CCC1)C1(C#N)CCS(=O)(=O)C1. The van der Waals surface area contributed by atoms with Crippen LogP contribution in [0.4, 0.5) is 0 Å². The summed E-state index contributed by atoms with van der Waals surface area (Å²) < 4.78 is 23.1. The monoisotopic (exact) mass is 257 g/mol. The lowest BCUT2D eigenvalue weighted by Gasteiger charge is -2.41. The third kappa shape index (κ3) is 2.21. The van der Waals surface area contributed by atoms with Gasteiger partial charge in [-0.05, 0) is 25.7 Å². The van der Waals surface area contributed by atoms with Gasteiger partial charge in [-0.1, -0.05) is 19.3 Å². The van der Waals surface area contributed by atoms with Crippen LogP contribution in [0.5, 0.6) is 0 Å². The summed E-state index contributed by atoms with van der Waals surface area (Å²) in [5.41, 5.74) is -2.28. The maximum Gasteiger partial charge on any atom is 0.152 e. The molecule has 2 unspecified atom stereocenters. The van der Waals surface area contributed by atoms with Gasteiger partial charge in [-0.25, -0.2) is 8.42 Å². The number of hydrogen-bond acceptors (Lipinski definition) is 4. The maximum atomic E-state index is 11.6. The summed E-state index contributed by atoms with van der Waals surface area (Å²) in [5, 5.41) is 19.9. The Morgan fingerprint density at radius 2 is 2.18 bits per heavy atom. The van der Waals surface area contributed by atoms with Crippen molar-refractivity contribution in [1.29, 1.82) is 5.26 Å². The smallest absolute Gasteiger partial charge is 0.152 e. The van der Waals surface area contributed by atoms with Crippen molar-refractivity contribution >= 4 is 9.84 Å². The van der Waals surface area contributed by atoms with Crippen LogP contribution < -0.4 is 0 Å². The molecule has 2 rings (SSSR count). The van der Waals surface area contributed by atoms with Crippen LogP contribution in [0.2, 0.25) is 0 Å². The molecule has 0 aromatic carbocycles. The highest BCUT2D eigenvalue weighted by Crippen LogP contribution is 2.47. The lowest BCUT2D eigenvalue weighted by atomic mass is 9.66. The van der Waals surface area contributed by atoms with Crippen LogP contribution in [0.15, 0.2) is 0 Å². The zero-order valence-electron chi connectivity index (χ0n) is 10.1. The lowest BCUT2D eigenvalue weighted by molar-refractivity contribution is -0.0545. The van der Waals surface area contributed by atoms with E-state index in [9.17, 15) is 18.8 Å². The first-order valence-electron chi connectivity index (χ1n) is 6.14. The Balaban J connectivity index is 2.20. The van der Waals surface area contributed by atoms with Crippen LogP contribution in [0, 0.1) is 22.7 Å². The number of nitrogens with zero attached hydrogens (tertiary/aromatic N) is 1. The molecule has 0 amide bonds. The fourth-order valence-corrected chi connectivity index (χ4v) is 5.01. The Bertz CT molecular complexity index is 445. The molecule has 2 atom stereocenters. The zero-order valence-corrected chi connectivity index (χ0v) is 11.0. The highest BCUT2D eigenvalue weighted by molar-refractivity contribution is 7.91. The second kappa shape index (κ2) is 3.96. The van der Waals surface area contributed by atoms with E-state index in [4.69, 9.17) is 0 Å². The number of rotatable bonds is 3. The van der Waals surface area contributed by atoms with Crippen molar-refractivity contribution in [2.45, 2.75) is 44.6 Å². The molecule has 1 heterocycles. The second-order valence-corrected chi connectivity index (χ2v) is 7.99. The Morgan fingerprint density at radius 3 is 2.53 bits per heavy atom. The number of aliphatic hydroxyl groups is 1. The summed E-state index contributed by atoms with van der Waals surface area (Å²) in [7, 11) is -3.16. The molecular weight excluding hydrogens is 238 g/mol. The third-order valence-corrected chi connectivity index (χ3v) is 6.22. The second-order valence-electron chi connectivity index (χ2n) is 5.81. The van der Waals surface area contributed by atoms with Gasteiger partial charge in [0.05, 0.1) is 23.2 Å². The van der Waals surface area contributed by atoms with E-state index in [-0.39, 0.29) is 17.9 Å². The van der Waals surface area contributed by atoms with Gasteiger partial charge in [0.25, 0.3) is 0 Å². The van der Waals surface area contributed by atoms with Crippen LogP contribution in [0.3, 0.4) is 0 Å². The number of hydrogen-bond donors (Lipinski definition) is 1. The molecule has 1 saturated carbocycles. The molecule has 0 aromatic rings. The molecule has 0 aromatic heterocycles. The van der Waals surface area contributed by atoms with Gasteiger partial charge < -0.3 is 5.11 Å². The maximum absolute atomic E-state index is 11.6. The van der Waals surface area contributed by atoms with Gasteiger partial charge in [0, 0.05) is 0 Å². The van der Waals surface area contributed by atoms with Crippen molar-refractivity contribution in [3.8, 4) is 6.07 Å². The molecule has 17 heavy (non-hydrogen) atoms. The highest BCUT2D eigenvalue weighted by Gasteiger charge is 2.55. The first kappa shape index (κ1) is 12.8. The first-order chi connectivity index (χ1) is 7.80. The fourth-order valence-electron chi connectivity index (χ4n) is 2.94. The Hall–Kier alpha value is -0.600. The van der Waals surface area contributed by atoms with E-state index >= 15 is 0 Å². The van der Waals surface area contributed by atoms with E-state index in [1.807, 2.05) is 0 Å². The van der Waals surface area contributed by atoms with Gasteiger partial charge in [-0.15, -0.1) is 0 Å². The van der Waals surface area contributed by atoms with Crippen molar-refractivity contribution in [2.75, 3.05) is 11.5 Å². The standard InChI is InChI=1S/C12H19NO3S/c1-11(14,7-10-3-2-4-10)12(8-13)5-6-17(15,16)9-12/h10,14H,2-7,9H2,1H3. The van der Waals surface area contributed by atoms with Crippen molar-refractivity contribution in [3.05, 3.63) is 0 Å². The van der Waals surface area contributed by atoms with Gasteiger partial charge in [-0.2, -0.15) is 5.26 Å².